The number of likely N-dealkylation sites (N-methyl/N-ethyl adjacent to an activating group) is 1. The summed E-state index contributed by atoms with van der Waals surface area (Å²) in [6.07, 6.45) is 9.64. The molecular weight excluding hydrogens is 771 g/mol. The minimum atomic E-state index is -0.616. The van der Waals surface area contributed by atoms with Crippen LogP contribution >= 0.6 is 0 Å². The summed E-state index contributed by atoms with van der Waals surface area (Å²) in [7, 11) is 9.09. The number of carbonyl (C=O) groups is 3. The van der Waals surface area contributed by atoms with Crippen molar-refractivity contribution in [3.8, 4) is 0 Å². The molecule has 13 heteroatoms. The van der Waals surface area contributed by atoms with Crippen LogP contribution in [0.2, 0.25) is 0 Å². The Morgan fingerprint density at radius 3 is 2.22 bits per heavy atom. The summed E-state index contributed by atoms with van der Waals surface area (Å²) < 4.78 is 56.2. The second kappa shape index (κ2) is 19.7. The van der Waals surface area contributed by atoms with Gasteiger partial charge in [-0.15, -0.1) is 0 Å². The van der Waals surface area contributed by atoms with E-state index in [0.717, 1.165) is 37.7 Å². The van der Waals surface area contributed by atoms with Crippen LogP contribution < -0.4 is 0 Å². The van der Waals surface area contributed by atoms with Crippen molar-refractivity contribution in [2.45, 2.75) is 174 Å². The van der Waals surface area contributed by atoms with Gasteiger partial charge in [0.25, 0.3) is 0 Å². The van der Waals surface area contributed by atoms with Crippen LogP contribution in [0, 0.1) is 40.9 Å². The molecule has 0 spiro atoms. The maximum absolute atomic E-state index is 14.9. The fourth-order valence-corrected chi connectivity index (χ4v) is 11.2. The van der Waals surface area contributed by atoms with Crippen LogP contribution in [0.25, 0.3) is 0 Å². The number of nitrogens with zero attached hydrogens (tertiary/aromatic N) is 1. The molecule has 3 aliphatic heterocycles. The molecule has 0 N–H and O–H groups in total. The molecule has 13 nitrogen and oxygen atoms in total. The summed E-state index contributed by atoms with van der Waals surface area (Å²) in [5.41, 5.74) is 0.155. The van der Waals surface area contributed by atoms with E-state index in [4.69, 9.17) is 42.6 Å². The number of hydrogen-bond donors (Lipinski definition) is 0. The predicted molar refractivity (Wildman–Crippen MR) is 223 cm³/mol. The van der Waals surface area contributed by atoms with Crippen LogP contribution in [0.1, 0.15) is 106 Å². The molecule has 6 rings (SSSR count). The minimum absolute atomic E-state index is 0.00714. The van der Waals surface area contributed by atoms with Gasteiger partial charge in [0.1, 0.15) is 36.6 Å². The number of ketones is 1. The average molecular weight is 847 g/mol. The smallest absolute Gasteiger partial charge is 0.315 e. The number of quaternary nitrogens is 1. The lowest BCUT2D eigenvalue weighted by Crippen LogP contribution is -2.59. The molecule has 0 amide bonds. The van der Waals surface area contributed by atoms with E-state index in [2.05, 4.69) is 46.2 Å². The number of carbonyl (C=O) groups excluding carboxylic acids is 3. The zero-order valence-electron chi connectivity index (χ0n) is 38.5. The molecule has 3 aliphatic carbocycles. The van der Waals surface area contributed by atoms with E-state index in [9.17, 15) is 14.4 Å². The first kappa shape index (κ1) is 47.3. The maximum atomic E-state index is 14.9. The van der Waals surface area contributed by atoms with E-state index >= 15 is 0 Å². The number of hydrogen-bond acceptors (Lipinski definition) is 12. The molecule has 0 aromatic rings. The minimum Gasteiger partial charge on any atom is -0.462 e. The number of Topliss-reactive ketones (excluding diaryl/α,β-unsaturated/α-hetero) is 1. The van der Waals surface area contributed by atoms with E-state index in [-0.39, 0.29) is 109 Å². The predicted octanol–water partition coefficient (Wildman–Crippen LogP) is 6.55. The van der Waals surface area contributed by atoms with E-state index < -0.39 is 30.0 Å². The van der Waals surface area contributed by atoms with Gasteiger partial charge in [0.15, 0.2) is 18.4 Å². The number of allylic oxidation sites excluding steroid dienone is 4. The number of cyclic esters (lactones) is 1. The average Bonchev–Trinajstić information content (AvgIpc) is 3.78. The Morgan fingerprint density at radius 2 is 1.57 bits per heavy atom. The van der Waals surface area contributed by atoms with Crippen LogP contribution in [0.3, 0.4) is 0 Å². The van der Waals surface area contributed by atoms with Crippen LogP contribution in [-0.2, 0) is 57.0 Å². The zero-order valence-corrected chi connectivity index (χ0v) is 38.5. The molecule has 17 atom stereocenters. The molecule has 0 radical (unpaired) electrons. The molecule has 3 saturated heterocycles. The number of esters is 2. The molecule has 6 aliphatic rings. The molecule has 0 bridgehead atoms. The first-order valence-corrected chi connectivity index (χ1v) is 22.7. The standard InChI is InChI=1S/C47H76NO12/c1-13-30-15-14-16-38(60-40-20-19-37(27(3)56-40)48(8,9)25-55-46(51)47(5,6)7)26(2)41(50)36-23-34-32(35(36)24-39(49)58-30)18-17-29-21-31(22-33(29)34)59-45-44(54-12)43(53-11)42(52-10)28(4)57-45/h17-18,23,26-35,37-38,40,42-45H,13-16,19-22,24-25H2,1-12H3/q+1/t26-,27?,28?,29-,30+,31-,32-,33-,34-,35+,37?,38+,40?,42?,43?,44?,45?/m1/s1. The molecule has 8 unspecified atom stereocenters. The third kappa shape index (κ3) is 10.2. The van der Waals surface area contributed by atoms with Crippen LogP contribution in [0.15, 0.2) is 23.8 Å². The lowest BCUT2D eigenvalue weighted by atomic mass is 9.70. The van der Waals surface area contributed by atoms with Crippen molar-refractivity contribution in [1.82, 2.24) is 0 Å². The van der Waals surface area contributed by atoms with Crippen LogP contribution in [0.4, 0.5) is 0 Å². The monoisotopic (exact) mass is 847 g/mol. The van der Waals surface area contributed by atoms with Gasteiger partial charge in [-0.2, -0.15) is 0 Å². The molecular formula is C47H76NO12+. The summed E-state index contributed by atoms with van der Waals surface area (Å²) in [5, 5.41) is 0. The van der Waals surface area contributed by atoms with Gasteiger partial charge < -0.3 is 42.6 Å². The van der Waals surface area contributed by atoms with E-state index in [1.54, 1.807) is 21.3 Å². The molecule has 3 heterocycles. The molecule has 4 fully saturated rings. The van der Waals surface area contributed by atoms with Crippen molar-refractivity contribution < 1.29 is 61.5 Å². The highest BCUT2D eigenvalue weighted by Gasteiger charge is 2.53. The van der Waals surface area contributed by atoms with Gasteiger partial charge in [-0.1, -0.05) is 32.1 Å². The highest BCUT2D eigenvalue weighted by Crippen LogP contribution is 2.54. The summed E-state index contributed by atoms with van der Waals surface area (Å²) in [6, 6.07) is 0.101. The fourth-order valence-electron chi connectivity index (χ4n) is 11.2. The number of rotatable bonds is 11. The van der Waals surface area contributed by atoms with Crippen molar-refractivity contribution in [3.05, 3.63) is 23.8 Å². The Labute approximate surface area is 359 Å². The number of ether oxygens (including phenoxy) is 9. The van der Waals surface area contributed by atoms with E-state index in [1.807, 2.05) is 34.6 Å². The van der Waals surface area contributed by atoms with Crippen molar-refractivity contribution >= 4 is 17.7 Å². The Hall–Kier alpha value is -2.23. The van der Waals surface area contributed by atoms with Gasteiger partial charge in [0.2, 0.25) is 6.73 Å². The maximum Gasteiger partial charge on any atom is 0.315 e. The first-order valence-electron chi connectivity index (χ1n) is 22.7. The Morgan fingerprint density at radius 1 is 0.850 bits per heavy atom. The SMILES string of the molecule is CC[C@H]1CCC[C@H](OC2CCC([N+](C)(C)COC(=O)C(C)(C)C)C(C)O2)[C@@H](C)C(=O)C2=C[C@@H]3[C@@H](C=C[C@@H]4C[C@@H](OC5OC(C)C(OC)C(OC)C5OC)C[C@@H]34)[C@@H]2CC(=O)O1. The third-order valence-electron chi connectivity index (χ3n) is 14.6. The Balaban J connectivity index is 1.17. The molecule has 60 heavy (non-hydrogen) atoms. The van der Waals surface area contributed by atoms with Crippen LogP contribution in [-0.4, -0.2) is 132 Å². The Bertz CT molecular complexity index is 1560. The summed E-state index contributed by atoms with van der Waals surface area (Å²) in [6.45, 7) is 13.9. The van der Waals surface area contributed by atoms with Gasteiger partial charge >= 0.3 is 11.9 Å². The fraction of sp³-hybridized carbons (Fsp3) is 0.851. The first-order chi connectivity index (χ1) is 28.4. The van der Waals surface area contributed by atoms with Crippen molar-refractivity contribution in [3.63, 3.8) is 0 Å². The van der Waals surface area contributed by atoms with E-state index in [0.29, 0.717) is 23.7 Å². The summed E-state index contributed by atoms with van der Waals surface area (Å²) in [4.78, 5) is 41.0. The van der Waals surface area contributed by atoms with Crippen molar-refractivity contribution in [1.29, 1.82) is 0 Å². The molecule has 340 valence electrons. The third-order valence-corrected chi connectivity index (χ3v) is 14.6. The van der Waals surface area contributed by atoms with Gasteiger partial charge in [0, 0.05) is 46.0 Å². The van der Waals surface area contributed by atoms with E-state index in [1.165, 1.54) is 0 Å². The number of methoxy groups -OCH3 is 3. The second-order valence-corrected chi connectivity index (χ2v) is 20.1. The summed E-state index contributed by atoms with van der Waals surface area (Å²) >= 11 is 0. The van der Waals surface area contributed by atoms with Gasteiger partial charge in [-0.3, -0.25) is 18.9 Å². The normalized spacial score (nSPS) is 41.6. The lowest BCUT2D eigenvalue weighted by molar-refractivity contribution is -0.936. The molecule has 1 saturated carbocycles. The molecule has 0 aromatic heterocycles. The largest absolute Gasteiger partial charge is 0.462 e. The van der Waals surface area contributed by atoms with Crippen molar-refractivity contribution in [2.24, 2.45) is 40.9 Å². The van der Waals surface area contributed by atoms with Crippen molar-refractivity contribution in [2.75, 3.05) is 42.2 Å². The highest BCUT2D eigenvalue weighted by molar-refractivity contribution is 5.99. The van der Waals surface area contributed by atoms with Gasteiger partial charge in [-0.25, -0.2) is 0 Å². The quantitative estimate of drug-likeness (QED) is 0.0967. The summed E-state index contributed by atoms with van der Waals surface area (Å²) in [5.74, 6) is -0.525. The van der Waals surface area contributed by atoms with Crippen LogP contribution in [0.5, 0.6) is 0 Å². The highest BCUT2D eigenvalue weighted by atomic mass is 16.7. The zero-order chi connectivity index (χ0) is 43.7. The van der Waals surface area contributed by atoms with Gasteiger partial charge in [-0.05, 0) is 102 Å². The second-order valence-electron chi connectivity index (χ2n) is 20.1. The molecule has 0 aromatic carbocycles. The van der Waals surface area contributed by atoms with Gasteiger partial charge in [0.05, 0.1) is 44.2 Å². The topological polar surface area (TPSA) is 134 Å². The lowest BCUT2D eigenvalue weighted by Gasteiger charge is -2.45. The number of fused-ring (bicyclic) bond motifs is 5. The Kier molecular flexibility index (Phi) is 15.5.